The van der Waals surface area contributed by atoms with Gasteiger partial charge in [0, 0.05) is 4.70 Å². The van der Waals surface area contributed by atoms with E-state index >= 15 is 0 Å². The van der Waals surface area contributed by atoms with Crippen LogP contribution < -0.4 is 5.73 Å². The minimum absolute atomic E-state index is 0.697. The summed E-state index contributed by atoms with van der Waals surface area (Å²) in [5.74, 6) is 0. The van der Waals surface area contributed by atoms with Gasteiger partial charge in [0.2, 0.25) is 0 Å². The molecule has 16 heavy (non-hydrogen) atoms. The van der Waals surface area contributed by atoms with Crippen LogP contribution in [-0.4, -0.2) is 10.2 Å². The first-order chi connectivity index (χ1) is 7.74. The molecule has 0 saturated carbocycles. The number of nitrogen functional groups attached to an aromatic ring is 1. The van der Waals surface area contributed by atoms with Crippen LogP contribution in [0.1, 0.15) is 5.56 Å². The number of hydrogen-bond acceptors (Lipinski definition) is 3. The predicted octanol–water partition coefficient (Wildman–Crippen LogP) is 3.18. The molecule has 0 atom stereocenters. The van der Waals surface area contributed by atoms with Crippen molar-refractivity contribution in [3.8, 4) is 10.6 Å². The Morgan fingerprint density at radius 1 is 1.31 bits per heavy atom. The van der Waals surface area contributed by atoms with Crippen molar-refractivity contribution < 1.29 is 0 Å². The normalized spacial score (nSPS) is 11.1. The Hall–Kier alpha value is -1.81. The molecule has 0 saturated heterocycles. The number of rotatable bonds is 1. The number of benzene rings is 1. The van der Waals surface area contributed by atoms with Crippen molar-refractivity contribution in [2.75, 3.05) is 5.73 Å². The zero-order valence-corrected chi connectivity index (χ0v) is 9.64. The molecule has 0 spiro atoms. The Labute approximate surface area is 96.9 Å². The fourth-order valence-corrected chi connectivity index (χ4v) is 2.84. The van der Waals surface area contributed by atoms with Crippen LogP contribution in [0.15, 0.2) is 30.5 Å². The van der Waals surface area contributed by atoms with Crippen molar-refractivity contribution in [3.05, 3.63) is 36.0 Å². The Kier molecular flexibility index (Phi) is 1.97. The monoisotopic (exact) mass is 229 g/mol. The molecule has 3 N–H and O–H groups in total. The van der Waals surface area contributed by atoms with Gasteiger partial charge in [-0.2, -0.15) is 5.10 Å². The predicted molar refractivity (Wildman–Crippen MR) is 68.6 cm³/mol. The van der Waals surface area contributed by atoms with Gasteiger partial charge in [-0.15, -0.1) is 11.3 Å². The first kappa shape index (κ1) is 9.42. The first-order valence-corrected chi connectivity index (χ1v) is 5.85. The molecule has 0 radical (unpaired) electrons. The highest BCUT2D eigenvalue weighted by atomic mass is 32.1. The van der Waals surface area contributed by atoms with Gasteiger partial charge in [-0.3, -0.25) is 5.10 Å². The second-order valence-corrected chi connectivity index (χ2v) is 4.94. The van der Waals surface area contributed by atoms with Gasteiger partial charge in [-0.05, 0) is 24.4 Å². The van der Waals surface area contributed by atoms with Gasteiger partial charge in [0.15, 0.2) is 0 Å². The molecule has 2 heterocycles. The average Bonchev–Trinajstić information content (AvgIpc) is 2.82. The van der Waals surface area contributed by atoms with Crippen LogP contribution in [0.5, 0.6) is 0 Å². The highest BCUT2D eigenvalue weighted by Crippen LogP contribution is 2.35. The summed E-state index contributed by atoms with van der Waals surface area (Å²) in [6, 6.07) is 8.60. The number of aromatic amines is 1. The summed E-state index contributed by atoms with van der Waals surface area (Å²) in [7, 11) is 0. The number of nitrogens with one attached hydrogen (secondary N) is 1. The molecule has 3 nitrogen and oxygen atoms in total. The van der Waals surface area contributed by atoms with Crippen molar-refractivity contribution in [1.82, 2.24) is 10.2 Å². The summed E-state index contributed by atoms with van der Waals surface area (Å²) < 4.78 is 1.27. The van der Waals surface area contributed by atoms with Gasteiger partial charge in [0.1, 0.15) is 0 Å². The number of hydrogen-bond donors (Lipinski definition) is 2. The van der Waals surface area contributed by atoms with E-state index in [9.17, 15) is 0 Å². The molecule has 4 heteroatoms. The maximum absolute atomic E-state index is 5.84. The van der Waals surface area contributed by atoms with Crippen molar-refractivity contribution in [1.29, 1.82) is 0 Å². The number of H-pyrrole nitrogens is 1. The van der Waals surface area contributed by atoms with Crippen LogP contribution in [0, 0.1) is 6.92 Å². The zero-order valence-electron chi connectivity index (χ0n) is 8.82. The van der Waals surface area contributed by atoms with Gasteiger partial charge in [-0.25, -0.2) is 0 Å². The standard InChI is InChI=1S/C12H11N3S/c1-7-2-3-10-8(4-7)5-11(16-10)12-9(13)6-14-15-12/h2-6H,13H2,1H3,(H,14,15). The highest BCUT2D eigenvalue weighted by Gasteiger charge is 2.08. The number of nitrogens with zero attached hydrogens (tertiary/aromatic N) is 1. The van der Waals surface area contributed by atoms with E-state index in [1.807, 2.05) is 0 Å². The first-order valence-electron chi connectivity index (χ1n) is 5.03. The van der Waals surface area contributed by atoms with E-state index in [0.29, 0.717) is 5.69 Å². The van der Waals surface area contributed by atoms with E-state index in [4.69, 9.17) is 5.73 Å². The van der Waals surface area contributed by atoms with Crippen LogP contribution in [-0.2, 0) is 0 Å². The summed E-state index contributed by atoms with van der Waals surface area (Å²) in [6.07, 6.45) is 1.64. The van der Waals surface area contributed by atoms with Crippen molar-refractivity contribution in [2.24, 2.45) is 0 Å². The van der Waals surface area contributed by atoms with Crippen LogP contribution in [0.3, 0.4) is 0 Å². The molecule has 0 fully saturated rings. The molecule has 3 aromatic rings. The molecule has 0 unspecified atom stereocenters. The van der Waals surface area contributed by atoms with Crippen LogP contribution in [0.25, 0.3) is 20.7 Å². The molecule has 0 aliphatic heterocycles. The lowest BCUT2D eigenvalue weighted by molar-refractivity contribution is 1.10. The van der Waals surface area contributed by atoms with E-state index in [1.165, 1.54) is 15.6 Å². The van der Waals surface area contributed by atoms with Crippen LogP contribution in [0.2, 0.25) is 0 Å². The van der Waals surface area contributed by atoms with Crippen LogP contribution in [0.4, 0.5) is 5.69 Å². The molecule has 0 aliphatic carbocycles. The fourth-order valence-electron chi connectivity index (χ4n) is 1.78. The third-order valence-corrected chi connectivity index (χ3v) is 3.72. The van der Waals surface area contributed by atoms with Gasteiger partial charge in [-0.1, -0.05) is 17.7 Å². The summed E-state index contributed by atoms with van der Waals surface area (Å²) in [5, 5.41) is 8.13. The second-order valence-electron chi connectivity index (χ2n) is 3.85. The topological polar surface area (TPSA) is 54.7 Å². The smallest absolute Gasteiger partial charge is 0.0980 e. The lowest BCUT2D eigenvalue weighted by Gasteiger charge is -1.91. The van der Waals surface area contributed by atoms with E-state index in [-0.39, 0.29) is 0 Å². The molecular weight excluding hydrogens is 218 g/mol. The van der Waals surface area contributed by atoms with Gasteiger partial charge in [0.05, 0.1) is 22.5 Å². The number of fused-ring (bicyclic) bond motifs is 1. The van der Waals surface area contributed by atoms with Gasteiger partial charge < -0.3 is 5.73 Å². The number of aromatic nitrogens is 2. The van der Waals surface area contributed by atoms with E-state index in [1.54, 1.807) is 17.5 Å². The van der Waals surface area contributed by atoms with Crippen LogP contribution >= 0.6 is 11.3 Å². The fraction of sp³-hybridized carbons (Fsp3) is 0.0833. The van der Waals surface area contributed by atoms with Crippen molar-refractivity contribution in [2.45, 2.75) is 6.92 Å². The quantitative estimate of drug-likeness (QED) is 0.673. The summed E-state index contributed by atoms with van der Waals surface area (Å²) in [5.41, 5.74) is 8.72. The lowest BCUT2D eigenvalue weighted by Crippen LogP contribution is -1.83. The van der Waals surface area contributed by atoms with Crippen molar-refractivity contribution in [3.63, 3.8) is 0 Å². The lowest BCUT2D eigenvalue weighted by atomic mass is 10.2. The third-order valence-electron chi connectivity index (χ3n) is 2.59. The number of thiophene rings is 1. The summed E-state index contributed by atoms with van der Waals surface area (Å²) in [4.78, 5) is 1.13. The Morgan fingerprint density at radius 3 is 2.94 bits per heavy atom. The number of nitrogens with two attached hydrogens (primary N) is 1. The molecule has 80 valence electrons. The van der Waals surface area contributed by atoms with E-state index in [2.05, 4.69) is 41.4 Å². The number of aryl methyl sites for hydroxylation is 1. The van der Waals surface area contributed by atoms with E-state index in [0.717, 1.165) is 10.6 Å². The summed E-state index contributed by atoms with van der Waals surface area (Å²) in [6.45, 7) is 2.10. The van der Waals surface area contributed by atoms with Gasteiger partial charge in [0.25, 0.3) is 0 Å². The second kappa shape index (κ2) is 3.35. The maximum atomic E-state index is 5.84. The third kappa shape index (κ3) is 1.39. The molecular formula is C12H11N3S. The van der Waals surface area contributed by atoms with Crippen molar-refractivity contribution >= 4 is 27.1 Å². The summed E-state index contributed by atoms with van der Waals surface area (Å²) >= 11 is 1.73. The molecule has 0 amide bonds. The minimum atomic E-state index is 0.697. The SMILES string of the molecule is Cc1ccc2sc(-c3[nH]ncc3N)cc2c1. The zero-order chi connectivity index (χ0) is 11.1. The molecule has 0 bridgehead atoms. The van der Waals surface area contributed by atoms with E-state index < -0.39 is 0 Å². The van der Waals surface area contributed by atoms with Gasteiger partial charge >= 0.3 is 0 Å². The molecule has 0 aliphatic rings. The molecule has 2 aromatic heterocycles. The molecule has 3 rings (SSSR count). The number of anilines is 1. The Balaban J connectivity index is 2.23. The average molecular weight is 229 g/mol. The Bertz CT molecular complexity index is 651. The minimum Gasteiger partial charge on any atom is -0.396 e. The highest BCUT2D eigenvalue weighted by molar-refractivity contribution is 7.22. The maximum Gasteiger partial charge on any atom is 0.0980 e. The largest absolute Gasteiger partial charge is 0.396 e. The molecule has 1 aromatic carbocycles. The Morgan fingerprint density at radius 2 is 2.19 bits per heavy atom.